The first-order valence-electron chi connectivity index (χ1n) is 6.29. The average Bonchev–Trinajstić information content (AvgIpc) is 2.36. The Balaban J connectivity index is 2.11. The Hall–Kier alpha value is -1.10. The molecule has 0 bridgehead atoms. The van der Waals surface area contributed by atoms with Gasteiger partial charge in [-0.2, -0.15) is 0 Å². The second kappa shape index (κ2) is 8.91. The minimum Gasteiger partial charge on any atom is -0.491 e. The third kappa shape index (κ3) is 6.59. The molecule has 18 heavy (non-hydrogen) atoms. The molecule has 0 heterocycles. The van der Waals surface area contributed by atoms with Gasteiger partial charge >= 0.3 is 0 Å². The van der Waals surface area contributed by atoms with Crippen LogP contribution >= 0.6 is 0 Å². The Labute approximate surface area is 109 Å². The van der Waals surface area contributed by atoms with Gasteiger partial charge in [-0.25, -0.2) is 0 Å². The molecule has 1 aromatic carbocycles. The Morgan fingerprint density at radius 3 is 2.94 bits per heavy atom. The van der Waals surface area contributed by atoms with Crippen LogP contribution < -0.4 is 10.1 Å². The Bertz CT molecular complexity index is 331. The molecule has 0 amide bonds. The summed E-state index contributed by atoms with van der Waals surface area (Å²) in [6.45, 7) is 4.44. The molecule has 1 atom stereocenters. The van der Waals surface area contributed by atoms with Gasteiger partial charge in [0, 0.05) is 20.3 Å². The van der Waals surface area contributed by atoms with E-state index in [4.69, 9.17) is 9.47 Å². The lowest BCUT2D eigenvalue weighted by atomic mass is 10.2. The largest absolute Gasteiger partial charge is 0.491 e. The van der Waals surface area contributed by atoms with Gasteiger partial charge in [-0.05, 0) is 37.6 Å². The Kier molecular flexibility index (Phi) is 7.41. The molecule has 0 aliphatic heterocycles. The van der Waals surface area contributed by atoms with Crippen molar-refractivity contribution in [1.82, 2.24) is 5.32 Å². The molecule has 102 valence electrons. The lowest BCUT2D eigenvalue weighted by Crippen LogP contribution is -2.32. The number of ether oxygens (including phenoxy) is 2. The predicted octanol–water partition coefficient (Wildman–Crippen LogP) is 1.36. The maximum Gasteiger partial charge on any atom is 0.119 e. The van der Waals surface area contributed by atoms with E-state index in [1.807, 2.05) is 31.2 Å². The fourth-order valence-electron chi connectivity index (χ4n) is 1.57. The number of aryl methyl sites for hydroxylation is 1. The second-order valence-electron chi connectivity index (χ2n) is 4.33. The number of hydrogen-bond acceptors (Lipinski definition) is 4. The highest BCUT2D eigenvalue weighted by molar-refractivity contribution is 5.27. The Morgan fingerprint density at radius 1 is 1.39 bits per heavy atom. The maximum absolute atomic E-state index is 9.72. The number of rotatable bonds is 9. The Morgan fingerprint density at radius 2 is 2.22 bits per heavy atom. The fourth-order valence-corrected chi connectivity index (χ4v) is 1.57. The van der Waals surface area contributed by atoms with E-state index in [1.54, 1.807) is 7.11 Å². The van der Waals surface area contributed by atoms with Crippen LogP contribution in [0.5, 0.6) is 5.75 Å². The average molecular weight is 253 g/mol. The lowest BCUT2D eigenvalue weighted by molar-refractivity contribution is 0.105. The van der Waals surface area contributed by atoms with Gasteiger partial charge in [0.25, 0.3) is 0 Å². The molecule has 0 radical (unpaired) electrons. The molecule has 0 spiro atoms. The molecule has 0 aromatic heterocycles. The highest BCUT2D eigenvalue weighted by Crippen LogP contribution is 2.12. The SMILES string of the molecule is COCCCNCC(O)COc1cccc(C)c1. The molecule has 0 aliphatic rings. The molecule has 4 nitrogen and oxygen atoms in total. The van der Waals surface area contributed by atoms with E-state index in [1.165, 1.54) is 0 Å². The molecule has 1 unspecified atom stereocenters. The summed E-state index contributed by atoms with van der Waals surface area (Å²) in [5.41, 5.74) is 1.15. The zero-order valence-electron chi connectivity index (χ0n) is 11.2. The van der Waals surface area contributed by atoms with Gasteiger partial charge in [0.05, 0.1) is 0 Å². The summed E-state index contributed by atoms with van der Waals surface area (Å²) < 4.78 is 10.5. The van der Waals surface area contributed by atoms with Crippen LogP contribution in [0.25, 0.3) is 0 Å². The van der Waals surface area contributed by atoms with Crippen LogP contribution in [0.15, 0.2) is 24.3 Å². The first kappa shape index (κ1) is 15.0. The zero-order valence-corrected chi connectivity index (χ0v) is 11.2. The van der Waals surface area contributed by atoms with Crippen LogP contribution in [0.3, 0.4) is 0 Å². The van der Waals surface area contributed by atoms with Crippen LogP contribution in [0.2, 0.25) is 0 Å². The summed E-state index contributed by atoms with van der Waals surface area (Å²) in [6.07, 6.45) is 0.454. The number of benzene rings is 1. The van der Waals surface area contributed by atoms with E-state index in [-0.39, 0.29) is 0 Å². The van der Waals surface area contributed by atoms with Crippen LogP contribution in [-0.4, -0.2) is 44.6 Å². The molecule has 1 rings (SSSR count). The first-order valence-corrected chi connectivity index (χ1v) is 6.29. The summed E-state index contributed by atoms with van der Waals surface area (Å²) in [7, 11) is 1.69. The topological polar surface area (TPSA) is 50.7 Å². The predicted molar refractivity (Wildman–Crippen MR) is 72.0 cm³/mol. The first-order chi connectivity index (χ1) is 8.72. The van der Waals surface area contributed by atoms with E-state index >= 15 is 0 Å². The van der Waals surface area contributed by atoms with Gasteiger partial charge in [-0.3, -0.25) is 0 Å². The van der Waals surface area contributed by atoms with Crippen molar-refractivity contribution < 1.29 is 14.6 Å². The third-order valence-electron chi connectivity index (χ3n) is 2.51. The lowest BCUT2D eigenvalue weighted by Gasteiger charge is -2.13. The molecule has 0 fully saturated rings. The van der Waals surface area contributed by atoms with Crippen molar-refractivity contribution in [3.05, 3.63) is 29.8 Å². The van der Waals surface area contributed by atoms with Crippen LogP contribution in [0.4, 0.5) is 0 Å². The molecule has 1 aromatic rings. The zero-order chi connectivity index (χ0) is 13.2. The normalized spacial score (nSPS) is 12.4. The molecule has 0 saturated carbocycles. The summed E-state index contributed by atoms with van der Waals surface area (Å²) in [5, 5.41) is 12.9. The van der Waals surface area contributed by atoms with Crippen molar-refractivity contribution in [2.24, 2.45) is 0 Å². The molecule has 4 heteroatoms. The van der Waals surface area contributed by atoms with Gasteiger partial charge < -0.3 is 19.9 Å². The van der Waals surface area contributed by atoms with E-state index in [0.717, 1.165) is 30.9 Å². The number of aliphatic hydroxyl groups excluding tert-OH is 1. The van der Waals surface area contributed by atoms with Gasteiger partial charge in [0.2, 0.25) is 0 Å². The monoisotopic (exact) mass is 253 g/mol. The summed E-state index contributed by atoms with van der Waals surface area (Å²) in [5.74, 6) is 0.799. The fraction of sp³-hybridized carbons (Fsp3) is 0.571. The molecule has 0 aliphatic carbocycles. The molecule has 2 N–H and O–H groups in total. The van der Waals surface area contributed by atoms with Crippen LogP contribution in [0.1, 0.15) is 12.0 Å². The van der Waals surface area contributed by atoms with Gasteiger partial charge in [-0.1, -0.05) is 12.1 Å². The number of nitrogens with one attached hydrogen (secondary N) is 1. The van der Waals surface area contributed by atoms with Gasteiger partial charge in [0.15, 0.2) is 0 Å². The van der Waals surface area contributed by atoms with E-state index in [9.17, 15) is 5.11 Å². The van der Waals surface area contributed by atoms with Crippen molar-refractivity contribution in [3.63, 3.8) is 0 Å². The maximum atomic E-state index is 9.72. The minimum atomic E-state index is -0.493. The van der Waals surface area contributed by atoms with Crippen molar-refractivity contribution >= 4 is 0 Å². The minimum absolute atomic E-state index is 0.306. The standard InChI is InChI=1S/C14H23NO3/c1-12-5-3-6-14(9-12)18-11-13(16)10-15-7-4-8-17-2/h3,5-6,9,13,15-16H,4,7-8,10-11H2,1-2H3. The van der Waals surface area contributed by atoms with Crippen molar-refractivity contribution in [2.75, 3.05) is 33.4 Å². The quantitative estimate of drug-likeness (QED) is 0.652. The van der Waals surface area contributed by atoms with Crippen molar-refractivity contribution in [1.29, 1.82) is 0 Å². The summed E-state index contributed by atoms with van der Waals surface area (Å²) in [6, 6.07) is 7.81. The van der Waals surface area contributed by atoms with E-state index < -0.39 is 6.10 Å². The number of methoxy groups -OCH3 is 1. The molecular formula is C14H23NO3. The van der Waals surface area contributed by atoms with Crippen LogP contribution in [0, 0.1) is 6.92 Å². The van der Waals surface area contributed by atoms with Crippen LogP contribution in [-0.2, 0) is 4.74 Å². The van der Waals surface area contributed by atoms with Gasteiger partial charge in [-0.15, -0.1) is 0 Å². The van der Waals surface area contributed by atoms with Crippen molar-refractivity contribution in [3.8, 4) is 5.75 Å². The van der Waals surface area contributed by atoms with E-state index in [0.29, 0.717) is 13.2 Å². The van der Waals surface area contributed by atoms with E-state index in [2.05, 4.69) is 5.32 Å². The second-order valence-corrected chi connectivity index (χ2v) is 4.33. The molecule has 0 saturated heterocycles. The molecular weight excluding hydrogens is 230 g/mol. The smallest absolute Gasteiger partial charge is 0.119 e. The van der Waals surface area contributed by atoms with Crippen molar-refractivity contribution in [2.45, 2.75) is 19.4 Å². The highest BCUT2D eigenvalue weighted by Gasteiger charge is 2.04. The highest BCUT2D eigenvalue weighted by atomic mass is 16.5. The summed E-state index contributed by atoms with van der Waals surface area (Å²) >= 11 is 0. The number of aliphatic hydroxyl groups is 1. The third-order valence-corrected chi connectivity index (χ3v) is 2.51. The number of hydrogen-bond donors (Lipinski definition) is 2. The van der Waals surface area contributed by atoms with Gasteiger partial charge in [0.1, 0.15) is 18.5 Å². The summed E-state index contributed by atoms with van der Waals surface area (Å²) in [4.78, 5) is 0.